The van der Waals surface area contributed by atoms with Crippen LogP contribution in [0.1, 0.15) is 18.2 Å². The second kappa shape index (κ2) is 5.78. The van der Waals surface area contributed by atoms with Crippen molar-refractivity contribution in [3.05, 3.63) is 33.2 Å². The Balaban J connectivity index is 2.11. The molecule has 3 heterocycles. The molecule has 2 aromatic rings. The predicted octanol–water partition coefficient (Wildman–Crippen LogP) is 3.92. The van der Waals surface area contributed by atoms with Gasteiger partial charge in [0.2, 0.25) is 0 Å². The minimum absolute atomic E-state index is 0.00303. The smallest absolute Gasteiger partial charge is 0.154 e. The van der Waals surface area contributed by atoms with E-state index in [-0.39, 0.29) is 22.7 Å². The fraction of sp³-hybridized carbons (Fsp3) is 0.417. The molecule has 1 N–H and O–H groups in total. The maximum Gasteiger partial charge on any atom is 0.154 e. The van der Waals surface area contributed by atoms with E-state index in [0.29, 0.717) is 20.8 Å². The molecule has 3 atom stereocenters. The number of ether oxygens (including phenoxy) is 1. The van der Waals surface area contributed by atoms with Crippen molar-refractivity contribution in [3.8, 4) is 0 Å². The van der Waals surface area contributed by atoms with Crippen molar-refractivity contribution in [1.29, 1.82) is 0 Å². The molecule has 1 saturated heterocycles. The lowest BCUT2D eigenvalue weighted by molar-refractivity contribution is 0.0102. The lowest BCUT2D eigenvalue weighted by Gasteiger charge is -2.15. The second-order valence-electron chi connectivity index (χ2n) is 4.60. The van der Waals surface area contributed by atoms with Gasteiger partial charge in [-0.2, -0.15) is 0 Å². The normalized spacial score (nSPS) is 26.6. The van der Waals surface area contributed by atoms with Crippen molar-refractivity contribution in [2.45, 2.75) is 22.6 Å². The van der Waals surface area contributed by atoms with Gasteiger partial charge in [0.05, 0.1) is 28.5 Å². The Morgan fingerprint density at radius 3 is 2.80 bits per heavy atom. The van der Waals surface area contributed by atoms with Crippen molar-refractivity contribution < 1.29 is 9.84 Å². The van der Waals surface area contributed by atoms with Gasteiger partial charge in [0.1, 0.15) is 11.8 Å². The van der Waals surface area contributed by atoms with E-state index in [1.807, 2.05) is 0 Å². The third kappa shape index (κ3) is 2.53. The van der Waals surface area contributed by atoms with Crippen LogP contribution in [0.2, 0.25) is 15.2 Å². The van der Waals surface area contributed by atoms with Gasteiger partial charge in [-0.25, -0.2) is 4.98 Å². The number of hydrogen-bond acceptors (Lipinski definition) is 3. The van der Waals surface area contributed by atoms with Crippen LogP contribution in [0.4, 0.5) is 0 Å². The molecule has 0 radical (unpaired) electrons. The first kappa shape index (κ1) is 15.1. The van der Waals surface area contributed by atoms with E-state index in [1.54, 1.807) is 16.7 Å². The number of rotatable bonds is 2. The van der Waals surface area contributed by atoms with Gasteiger partial charge in [-0.3, -0.25) is 4.40 Å². The molecule has 1 aliphatic heterocycles. The molecule has 1 aliphatic rings. The molecule has 0 saturated carbocycles. The summed E-state index contributed by atoms with van der Waals surface area (Å²) in [5, 5.41) is 10.5. The number of hydrogen-bond donors (Lipinski definition) is 1. The number of aliphatic hydroxyl groups is 1. The molecule has 0 bridgehead atoms. The molecule has 1 fully saturated rings. The summed E-state index contributed by atoms with van der Waals surface area (Å²) in [6.45, 7) is -0.00303. The zero-order valence-electron chi connectivity index (χ0n) is 10.1. The SMILES string of the molecule is OC[C@H]1C[C@H](I)[C@@H](c2c(Cl)nc3cc(Cl)c(Cl)cn23)O1. The van der Waals surface area contributed by atoms with Crippen molar-refractivity contribution in [2.24, 2.45) is 0 Å². The molecule has 3 rings (SSSR count). The highest BCUT2D eigenvalue weighted by molar-refractivity contribution is 14.1. The zero-order valence-corrected chi connectivity index (χ0v) is 14.5. The van der Waals surface area contributed by atoms with E-state index in [4.69, 9.17) is 39.5 Å². The Kier molecular flexibility index (Phi) is 4.37. The molecular weight excluding hydrogens is 437 g/mol. The monoisotopic (exact) mass is 446 g/mol. The summed E-state index contributed by atoms with van der Waals surface area (Å²) in [7, 11) is 0. The van der Waals surface area contributed by atoms with Crippen LogP contribution in [0.25, 0.3) is 5.65 Å². The molecule has 0 amide bonds. The fourth-order valence-corrected chi connectivity index (χ4v) is 4.02. The van der Waals surface area contributed by atoms with E-state index in [0.717, 1.165) is 12.1 Å². The minimum Gasteiger partial charge on any atom is -0.394 e. The first-order valence-electron chi connectivity index (χ1n) is 5.94. The van der Waals surface area contributed by atoms with Gasteiger partial charge >= 0.3 is 0 Å². The molecule has 0 aromatic carbocycles. The van der Waals surface area contributed by atoms with Crippen LogP contribution in [0.15, 0.2) is 12.3 Å². The Hall–Kier alpha value is 0.210. The average molecular weight is 447 g/mol. The number of aromatic nitrogens is 2. The van der Waals surface area contributed by atoms with Gasteiger partial charge in [0.25, 0.3) is 0 Å². The molecule has 0 unspecified atom stereocenters. The van der Waals surface area contributed by atoms with Crippen molar-refractivity contribution in [2.75, 3.05) is 6.61 Å². The first-order valence-corrected chi connectivity index (χ1v) is 8.32. The van der Waals surface area contributed by atoms with E-state index in [9.17, 15) is 5.11 Å². The molecule has 8 heteroatoms. The van der Waals surface area contributed by atoms with E-state index in [2.05, 4.69) is 27.6 Å². The number of imidazole rings is 1. The summed E-state index contributed by atoms with van der Waals surface area (Å²) in [6, 6.07) is 1.67. The molecule has 0 spiro atoms. The van der Waals surface area contributed by atoms with Gasteiger partial charge in [-0.15, -0.1) is 0 Å². The molecule has 108 valence electrons. The predicted molar refractivity (Wildman–Crippen MR) is 87.3 cm³/mol. The van der Waals surface area contributed by atoms with Gasteiger partial charge in [0, 0.05) is 16.2 Å². The number of pyridine rings is 1. The van der Waals surface area contributed by atoms with Crippen molar-refractivity contribution >= 4 is 63.0 Å². The fourth-order valence-electron chi connectivity index (χ4n) is 2.36. The van der Waals surface area contributed by atoms with Crippen LogP contribution in [-0.2, 0) is 4.74 Å². The highest BCUT2D eigenvalue weighted by Gasteiger charge is 2.37. The zero-order chi connectivity index (χ0) is 14.4. The van der Waals surface area contributed by atoms with Crippen LogP contribution in [-0.4, -0.2) is 31.1 Å². The van der Waals surface area contributed by atoms with Gasteiger partial charge in [0.15, 0.2) is 5.15 Å². The second-order valence-corrected chi connectivity index (χ2v) is 7.37. The van der Waals surface area contributed by atoms with Crippen molar-refractivity contribution in [1.82, 2.24) is 9.38 Å². The molecular formula is C12H10Cl3IN2O2. The number of alkyl halides is 1. The number of fused-ring (bicyclic) bond motifs is 1. The van der Waals surface area contributed by atoms with Gasteiger partial charge in [-0.05, 0) is 6.42 Å². The summed E-state index contributed by atoms with van der Waals surface area (Å²) < 4.78 is 7.85. The number of nitrogens with zero attached hydrogens (tertiary/aromatic N) is 2. The quantitative estimate of drug-likeness (QED) is 0.561. The molecule has 4 nitrogen and oxygen atoms in total. The summed E-state index contributed by atoms with van der Waals surface area (Å²) >= 11 is 20.6. The van der Waals surface area contributed by atoms with E-state index in [1.165, 1.54) is 0 Å². The van der Waals surface area contributed by atoms with Crippen LogP contribution in [0.3, 0.4) is 0 Å². The minimum atomic E-state index is -0.229. The van der Waals surface area contributed by atoms with Crippen LogP contribution >= 0.6 is 57.4 Å². The topological polar surface area (TPSA) is 46.8 Å². The largest absolute Gasteiger partial charge is 0.394 e. The van der Waals surface area contributed by atoms with Crippen LogP contribution in [0.5, 0.6) is 0 Å². The average Bonchev–Trinajstić information content (AvgIpc) is 2.90. The van der Waals surface area contributed by atoms with Crippen molar-refractivity contribution in [3.63, 3.8) is 0 Å². The third-order valence-electron chi connectivity index (χ3n) is 3.29. The summed E-state index contributed by atoms with van der Waals surface area (Å²) in [6.07, 6.45) is 2.05. The van der Waals surface area contributed by atoms with E-state index < -0.39 is 0 Å². The van der Waals surface area contributed by atoms with Crippen LogP contribution < -0.4 is 0 Å². The van der Waals surface area contributed by atoms with Crippen LogP contribution in [0, 0.1) is 0 Å². The highest BCUT2D eigenvalue weighted by atomic mass is 127. The first-order chi connectivity index (χ1) is 9.51. The third-order valence-corrected chi connectivity index (χ3v) is 5.44. The van der Waals surface area contributed by atoms with Gasteiger partial charge in [-0.1, -0.05) is 57.4 Å². The maximum atomic E-state index is 9.24. The summed E-state index contributed by atoms with van der Waals surface area (Å²) in [5.41, 5.74) is 1.37. The molecule has 2 aromatic heterocycles. The number of halogens is 4. The number of aliphatic hydroxyl groups excluding tert-OH is 1. The Morgan fingerprint density at radius 2 is 2.15 bits per heavy atom. The van der Waals surface area contributed by atoms with E-state index >= 15 is 0 Å². The lowest BCUT2D eigenvalue weighted by Crippen LogP contribution is -2.12. The summed E-state index contributed by atoms with van der Waals surface area (Å²) in [4.78, 5) is 4.28. The Labute approximate surface area is 144 Å². The standard InChI is InChI=1S/C12H10Cl3IN2O2/c13-6-2-9-17-12(15)10(18(9)3-7(6)14)11-8(16)1-5(4-19)20-11/h2-3,5,8,11,19H,1,4H2/t5-,8+,11+/m1/s1. The summed E-state index contributed by atoms with van der Waals surface area (Å²) in [5.74, 6) is 0. The van der Waals surface area contributed by atoms with Gasteiger partial charge < -0.3 is 9.84 Å². The Bertz CT molecular complexity index is 664. The Morgan fingerprint density at radius 1 is 1.40 bits per heavy atom. The molecule has 0 aliphatic carbocycles. The lowest BCUT2D eigenvalue weighted by atomic mass is 10.1. The molecule has 20 heavy (non-hydrogen) atoms. The maximum absolute atomic E-state index is 9.24. The highest BCUT2D eigenvalue weighted by Crippen LogP contribution is 2.41.